The number of benzene rings is 2. The summed E-state index contributed by atoms with van der Waals surface area (Å²) in [6.07, 6.45) is 0. The molecule has 0 spiro atoms. The van der Waals surface area contributed by atoms with Crippen molar-refractivity contribution >= 4 is 39.1 Å². The molecule has 0 atom stereocenters. The van der Waals surface area contributed by atoms with Gasteiger partial charge in [-0.2, -0.15) is 0 Å². The predicted octanol–water partition coefficient (Wildman–Crippen LogP) is 3.95. The second-order valence-corrected chi connectivity index (χ2v) is 4.28. The Morgan fingerprint density at radius 3 is 2.56 bits per heavy atom. The Morgan fingerprint density at radius 1 is 1.06 bits per heavy atom. The van der Waals surface area contributed by atoms with Crippen LogP contribution >= 0.6 is 11.6 Å². The third kappa shape index (κ3) is 1.58. The number of aromatic nitrogens is 1. The molecule has 18 heavy (non-hydrogen) atoms. The van der Waals surface area contributed by atoms with Gasteiger partial charge in [-0.15, -0.1) is 0 Å². The Bertz CT molecular complexity index is 786. The first kappa shape index (κ1) is 10.9. The molecule has 0 N–H and O–H groups in total. The smallest absolute Gasteiger partial charge is 0.258 e. The number of fused-ring (bicyclic) bond motifs is 2. The van der Waals surface area contributed by atoms with E-state index in [9.17, 15) is 10.1 Å². The molecule has 0 bridgehead atoms. The van der Waals surface area contributed by atoms with Gasteiger partial charge >= 0.3 is 0 Å². The first-order chi connectivity index (χ1) is 8.66. The summed E-state index contributed by atoms with van der Waals surface area (Å²) < 4.78 is 0. The van der Waals surface area contributed by atoms with Gasteiger partial charge < -0.3 is 0 Å². The molecule has 0 aliphatic heterocycles. The Morgan fingerprint density at radius 2 is 1.78 bits per heavy atom. The molecule has 0 radical (unpaired) electrons. The highest BCUT2D eigenvalue weighted by molar-refractivity contribution is 6.40. The lowest BCUT2D eigenvalue weighted by molar-refractivity contribution is -0.384. The molecule has 4 nitrogen and oxygen atoms in total. The van der Waals surface area contributed by atoms with Gasteiger partial charge in [0.1, 0.15) is 0 Å². The monoisotopic (exact) mass is 258 g/mol. The average Bonchev–Trinajstić information content (AvgIpc) is 2.38. The molecule has 0 saturated carbocycles. The third-order valence-corrected chi connectivity index (χ3v) is 3.22. The number of nitro groups is 1. The fourth-order valence-corrected chi connectivity index (χ4v) is 2.26. The predicted molar refractivity (Wildman–Crippen MR) is 70.9 cm³/mol. The molecule has 3 rings (SSSR count). The lowest BCUT2D eigenvalue weighted by atomic mass is 10.1. The quantitative estimate of drug-likeness (QED) is 0.377. The van der Waals surface area contributed by atoms with Crippen LogP contribution in [0.3, 0.4) is 0 Å². The average molecular weight is 259 g/mol. The zero-order chi connectivity index (χ0) is 12.7. The second-order valence-electron chi connectivity index (χ2n) is 3.90. The van der Waals surface area contributed by atoms with Crippen LogP contribution < -0.4 is 0 Å². The van der Waals surface area contributed by atoms with E-state index in [4.69, 9.17) is 11.6 Å². The largest absolute Gasteiger partial charge is 0.271 e. The second kappa shape index (κ2) is 3.92. The Hall–Kier alpha value is -2.20. The van der Waals surface area contributed by atoms with Crippen molar-refractivity contribution in [2.24, 2.45) is 0 Å². The molecule has 0 saturated heterocycles. The molecule has 0 amide bonds. The summed E-state index contributed by atoms with van der Waals surface area (Å²) in [6, 6.07) is 12.0. The topological polar surface area (TPSA) is 56.0 Å². The minimum Gasteiger partial charge on any atom is -0.258 e. The maximum atomic E-state index is 10.7. The van der Waals surface area contributed by atoms with E-state index in [-0.39, 0.29) is 5.69 Å². The minimum atomic E-state index is -0.440. The molecular weight excluding hydrogens is 252 g/mol. The van der Waals surface area contributed by atoms with E-state index < -0.39 is 4.92 Å². The number of nitrogens with zero attached hydrogens (tertiary/aromatic N) is 2. The summed E-state index contributed by atoms with van der Waals surface area (Å²) >= 11 is 6.30. The first-order valence-electron chi connectivity index (χ1n) is 5.29. The van der Waals surface area contributed by atoms with Crippen LogP contribution in [0.15, 0.2) is 42.5 Å². The summed E-state index contributed by atoms with van der Waals surface area (Å²) in [5.41, 5.74) is 1.28. The van der Waals surface area contributed by atoms with Gasteiger partial charge in [0.2, 0.25) is 0 Å². The SMILES string of the molecule is O=[N+]([O-])c1ccc2c(Cl)c3ccccc3nc2c1. The van der Waals surface area contributed by atoms with E-state index in [1.165, 1.54) is 12.1 Å². The van der Waals surface area contributed by atoms with Crippen LogP contribution in [-0.2, 0) is 0 Å². The number of hydrogen-bond acceptors (Lipinski definition) is 3. The molecule has 5 heteroatoms. The molecule has 0 aliphatic rings. The van der Waals surface area contributed by atoms with Crippen LogP contribution in [0.1, 0.15) is 0 Å². The van der Waals surface area contributed by atoms with Crippen LogP contribution in [0.4, 0.5) is 5.69 Å². The number of halogens is 1. The fourth-order valence-electron chi connectivity index (χ4n) is 1.94. The van der Waals surface area contributed by atoms with Gasteiger partial charge in [0.15, 0.2) is 0 Å². The van der Waals surface area contributed by atoms with Crippen LogP contribution in [0, 0.1) is 10.1 Å². The minimum absolute atomic E-state index is 0.0151. The summed E-state index contributed by atoms with van der Waals surface area (Å²) in [6.45, 7) is 0. The Balaban J connectivity index is 2.44. The van der Waals surface area contributed by atoms with Gasteiger partial charge in [-0.05, 0) is 12.1 Å². The molecule has 0 aliphatic carbocycles. The molecular formula is C13H7ClN2O2. The number of pyridine rings is 1. The lowest BCUT2D eigenvalue weighted by Gasteiger charge is -2.04. The maximum absolute atomic E-state index is 10.7. The number of rotatable bonds is 1. The summed E-state index contributed by atoms with van der Waals surface area (Å²) in [5.74, 6) is 0. The maximum Gasteiger partial charge on any atom is 0.271 e. The van der Waals surface area contributed by atoms with Crippen molar-refractivity contribution in [1.82, 2.24) is 4.98 Å². The first-order valence-corrected chi connectivity index (χ1v) is 5.67. The van der Waals surface area contributed by atoms with Crippen LogP contribution in [0.2, 0.25) is 5.02 Å². The normalized spacial score (nSPS) is 10.9. The van der Waals surface area contributed by atoms with Gasteiger partial charge in [0, 0.05) is 22.9 Å². The molecule has 0 fully saturated rings. The van der Waals surface area contributed by atoms with Crippen molar-refractivity contribution in [1.29, 1.82) is 0 Å². The van der Waals surface area contributed by atoms with E-state index in [2.05, 4.69) is 4.98 Å². The summed E-state index contributed by atoms with van der Waals surface area (Å²) in [7, 11) is 0. The Labute approximate surface area is 107 Å². The molecule has 3 aromatic rings. The van der Waals surface area contributed by atoms with Crippen molar-refractivity contribution in [3.63, 3.8) is 0 Å². The molecule has 2 aromatic carbocycles. The van der Waals surface area contributed by atoms with Gasteiger partial charge in [0.25, 0.3) is 5.69 Å². The van der Waals surface area contributed by atoms with Crippen LogP contribution in [0.5, 0.6) is 0 Å². The van der Waals surface area contributed by atoms with Crippen molar-refractivity contribution < 1.29 is 4.92 Å². The number of para-hydroxylation sites is 1. The van der Waals surface area contributed by atoms with Gasteiger partial charge in [0.05, 0.1) is 21.0 Å². The van der Waals surface area contributed by atoms with Gasteiger partial charge in [-0.25, -0.2) is 4.98 Å². The van der Waals surface area contributed by atoms with Gasteiger partial charge in [-0.3, -0.25) is 10.1 Å². The summed E-state index contributed by atoms with van der Waals surface area (Å²) in [4.78, 5) is 14.7. The zero-order valence-corrected chi connectivity index (χ0v) is 9.89. The number of nitro benzene ring substituents is 1. The van der Waals surface area contributed by atoms with E-state index in [1.807, 2.05) is 24.3 Å². The van der Waals surface area contributed by atoms with Crippen molar-refractivity contribution in [3.05, 3.63) is 57.6 Å². The standard InChI is InChI=1S/C13H7ClN2O2/c14-13-9-3-1-2-4-11(9)15-12-7-8(16(17)18)5-6-10(12)13/h1-7H. The highest BCUT2D eigenvalue weighted by atomic mass is 35.5. The lowest BCUT2D eigenvalue weighted by Crippen LogP contribution is -1.90. The summed E-state index contributed by atoms with van der Waals surface area (Å²) in [5, 5.41) is 12.9. The highest BCUT2D eigenvalue weighted by Gasteiger charge is 2.11. The van der Waals surface area contributed by atoms with Crippen molar-refractivity contribution in [2.45, 2.75) is 0 Å². The van der Waals surface area contributed by atoms with Crippen molar-refractivity contribution in [2.75, 3.05) is 0 Å². The Kier molecular flexibility index (Phi) is 2.38. The fraction of sp³-hybridized carbons (Fsp3) is 0. The van der Waals surface area contributed by atoms with Crippen LogP contribution in [-0.4, -0.2) is 9.91 Å². The number of non-ortho nitro benzene ring substituents is 1. The van der Waals surface area contributed by atoms with Crippen LogP contribution in [0.25, 0.3) is 21.8 Å². The third-order valence-electron chi connectivity index (χ3n) is 2.81. The van der Waals surface area contributed by atoms with Gasteiger partial charge in [-0.1, -0.05) is 29.8 Å². The molecule has 0 unspecified atom stereocenters. The van der Waals surface area contributed by atoms with E-state index in [1.54, 1.807) is 6.07 Å². The highest BCUT2D eigenvalue weighted by Crippen LogP contribution is 2.31. The molecule has 1 aromatic heterocycles. The van der Waals surface area contributed by atoms with Crippen molar-refractivity contribution in [3.8, 4) is 0 Å². The van der Waals surface area contributed by atoms with E-state index >= 15 is 0 Å². The number of hydrogen-bond donors (Lipinski definition) is 0. The molecule has 1 heterocycles. The van der Waals surface area contributed by atoms with E-state index in [0.29, 0.717) is 10.5 Å². The van der Waals surface area contributed by atoms with E-state index in [0.717, 1.165) is 16.3 Å². The zero-order valence-electron chi connectivity index (χ0n) is 9.13. The molecule has 88 valence electrons.